The van der Waals surface area contributed by atoms with Crippen molar-refractivity contribution in [1.29, 1.82) is 10.5 Å². The van der Waals surface area contributed by atoms with E-state index in [1.165, 1.54) is 0 Å². The lowest BCUT2D eigenvalue weighted by atomic mass is 10.2. The van der Waals surface area contributed by atoms with Gasteiger partial charge in [0, 0.05) is 0 Å². The molecule has 0 fully saturated rings. The Kier molecular flexibility index (Phi) is 5.82. The van der Waals surface area contributed by atoms with E-state index in [0.29, 0.717) is 22.1 Å². The zero-order chi connectivity index (χ0) is 16.7. The lowest BCUT2D eigenvalue weighted by Gasteiger charge is -2.14. The van der Waals surface area contributed by atoms with E-state index in [-0.39, 0.29) is 18.8 Å². The minimum absolute atomic E-state index is 0.0222. The molecule has 5 nitrogen and oxygen atoms in total. The topological polar surface area (TPSA) is 86.3 Å². The number of nitriles is 2. The summed E-state index contributed by atoms with van der Waals surface area (Å²) in [6.07, 6.45) is -0.879. The Labute approximate surface area is 138 Å². The fourth-order valence-corrected chi connectivity index (χ4v) is 1.99. The van der Waals surface area contributed by atoms with Crippen LogP contribution in [0.15, 0.2) is 42.5 Å². The Morgan fingerprint density at radius 3 is 2.35 bits per heavy atom. The monoisotopic (exact) mass is 328 g/mol. The Bertz CT molecular complexity index is 748. The van der Waals surface area contributed by atoms with Crippen molar-refractivity contribution in [2.45, 2.75) is 6.10 Å². The third-order valence-electron chi connectivity index (χ3n) is 2.94. The molecule has 0 amide bonds. The SMILES string of the molecule is N#Cc1ccc(OCC(O)COc2cccc(Cl)c2C#N)cc1. The second-order valence-corrected chi connectivity index (χ2v) is 5.04. The first-order valence-corrected chi connectivity index (χ1v) is 7.14. The van der Waals surface area contributed by atoms with E-state index >= 15 is 0 Å². The lowest BCUT2D eigenvalue weighted by molar-refractivity contribution is 0.0625. The number of aliphatic hydroxyl groups is 1. The van der Waals surface area contributed by atoms with Crippen molar-refractivity contribution < 1.29 is 14.6 Å². The van der Waals surface area contributed by atoms with E-state index in [1.54, 1.807) is 42.5 Å². The maximum absolute atomic E-state index is 9.89. The Morgan fingerprint density at radius 1 is 1.00 bits per heavy atom. The molecular weight excluding hydrogens is 316 g/mol. The highest BCUT2D eigenvalue weighted by molar-refractivity contribution is 6.31. The highest BCUT2D eigenvalue weighted by Crippen LogP contribution is 2.25. The molecule has 0 heterocycles. The number of ether oxygens (including phenoxy) is 2. The van der Waals surface area contributed by atoms with Gasteiger partial charge in [-0.3, -0.25) is 0 Å². The summed E-state index contributed by atoms with van der Waals surface area (Å²) in [4.78, 5) is 0. The number of halogens is 1. The lowest BCUT2D eigenvalue weighted by Crippen LogP contribution is -2.25. The zero-order valence-corrected chi connectivity index (χ0v) is 12.8. The molecule has 2 rings (SSSR count). The fourth-order valence-electron chi connectivity index (χ4n) is 1.79. The molecule has 0 aliphatic heterocycles. The van der Waals surface area contributed by atoms with Gasteiger partial charge < -0.3 is 14.6 Å². The molecule has 0 aromatic heterocycles. The van der Waals surface area contributed by atoms with Crippen LogP contribution in [-0.2, 0) is 0 Å². The second-order valence-electron chi connectivity index (χ2n) is 4.64. The number of benzene rings is 2. The molecule has 23 heavy (non-hydrogen) atoms. The number of hydrogen-bond acceptors (Lipinski definition) is 5. The van der Waals surface area contributed by atoms with E-state index in [4.69, 9.17) is 31.6 Å². The minimum Gasteiger partial charge on any atom is -0.491 e. The van der Waals surface area contributed by atoms with E-state index < -0.39 is 6.10 Å². The second kappa shape index (κ2) is 8.05. The van der Waals surface area contributed by atoms with Gasteiger partial charge in [-0.1, -0.05) is 17.7 Å². The predicted molar refractivity (Wildman–Crippen MR) is 84.3 cm³/mol. The summed E-state index contributed by atoms with van der Waals surface area (Å²) in [5.41, 5.74) is 0.764. The van der Waals surface area contributed by atoms with Crippen LogP contribution in [0.25, 0.3) is 0 Å². The quantitative estimate of drug-likeness (QED) is 0.881. The summed E-state index contributed by atoms with van der Waals surface area (Å²) < 4.78 is 10.8. The van der Waals surface area contributed by atoms with Crippen molar-refractivity contribution in [2.75, 3.05) is 13.2 Å². The molecular formula is C17H13ClN2O3. The van der Waals surface area contributed by atoms with Gasteiger partial charge in [0.05, 0.1) is 16.7 Å². The van der Waals surface area contributed by atoms with Crippen LogP contribution < -0.4 is 9.47 Å². The van der Waals surface area contributed by atoms with Gasteiger partial charge in [0.25, 0.3) is 0 Å². The van der Waals surface area contributed by atoms with Crippen molar-refractivity contribution in [3.8, 4) is 23.6 Å². The third kappa shape index (κ3) is 4.62. The van der Waals surface area contributed by atoms with Gasteiger partial charge in [-0.2, -0.15) is 10.5 Å². The molecule has 0 spiro atoms. The van der Waals surface area contributed by atoms with Crippen LogP contribution in [0.5, 0.6) is 11.5 Å². The van der Waals surface area contributed by atoms with Crippen LogP contribution in [0.3, 0.4) is 0 Å². The van der Waals surface area contributed by atoms with E-state index in [1.807, 2.05) is 12.1 Å². The Balaban J connectivity index is 1.86. The third-order valence-corrected chi connectivity index (χ3v) is 3.26. The molecule has 2 aromatic rings. The van der Waals surface area contributed by atoms with E-state index in [2.05, 4.69) is 0 Å². The summed E-state index contributed by atoms with van der Waals surface area (Å²) in [6, 6.07) is 15.4. The van der Waals surface area contributed by atoms with Crippen LogP contribution in [0.4, 0.5) is 0 Å². The van der Waals surface area contributed by atoms with Crippen molar-refractivity contribution >= 4 is 11.6 Å². The van der Waals surface area contributed by atoms with Crippen LogP contribution in [0.1, 0.15) is 11.1 Å². The van der Waals surface area contributed by atoms with Crippen LogP contribution in [0.2, 0.25) is 5.02 Å². The van der Waals surface area contributed by atoms with Gasteiger partial charge in [-0.05, 0) is 36.4 Å². The largest absolute Gasteiger partial charge is 0.491 e. The van der Waals surface area contributed by atoms with Gasteiger partial charge in [-0.15, -0.1) is 0 Å². The molecule has 1 N–H and O–H groups in total. The number of aliphatic hydroxyl groups excluding tert-OH is 1. The first kappa shape index (κ1) is 16.6. The van der Waals surface area contributed by atoms with Crippen molar-refractivity contribution in [1.82, 2.24) is 0 Å². The average molecular weight is 329 g/mol. The Hall–Kier alpha value is -2.73. The van der Waals surface area contributed by atoms with E-state index in [0.717, 1.165) is 0 Å². The highest BCUT2D eigenvalue weighted by atomic mass is 35.5. The first-order chi connectivity index (χ1) is 11.1. The van der Waals surface area contributed by atoms with Gasteiger partial charge in [0.2, 0.25) is 0 Å². The Morgan fingerprint density at radius 2 is 1.70 bits per heavy atom. The molecule has 0 bridgehead atoms. The first-order valence-electron chi connectivity index (χ1n) is 6.76. The molecule has 6 heteroatoms. The van der Waals surface area contributed by atoms with Crippen LogP contribution >= 0.6 is 11.6 Å². The van der Waals surface area contributed by atoms with Gasteiger partial charge in [0.15, 0.2) is 0 Å². The summed E-state index contributed by atoms with van der Waals surface area (Å²) in [7, 11) is 0. The maximum atomic E-state index is 9.89. The number of rotatable bonds is 6. The average Bonchev–Trinajstić information content (AvgIpc) is 2.58. The summed E-state index contributed by atoms with van der Waals surface area (Å²) in [5, 5.41) is 27.9. The molecule has 0 saturated heterocycles. The number of nitrogens with zero attached hydrogens (tertiary/aromatic N) is 2. The predicted octanol–water partition coefficient (Wildman–Crippen LogP) is 2.90. The summed E-state index contributed by atoms with van der Waals surface area (Å²) in [6.45, 7) is -0.0142. The molecule has 0 radical (unpaired) electrons. The standard InChI is InChI=1S/C17H13ClN2O3/c18-16-2-1-3-17(15(16)9-20)23-11-13(21)10-22-14-6-4-12(8-19)5-7-14/h1-7,13,21H,10-11H2. The normalized spacial score (nSPS) is 11.1. The molecule has 0 aliphatic rings. The van der Waals surface area contributed by atoms with Crippen LogP contribution in [0, 0.1) is 22.7 Å². The zero-order valence-electron chi connectivity index (χ0n) is 12.1. The van der Waals surface area contributed by atoms with Crippen molar-refractivity contribution in [2.24, 2.45) is 0 Å². The van der Waals surface area contributed by atoms with Crippen molar-refractivity contribution in [3.05, 3.63) is 58.6 Å². The molecule has 116 valence electrons. The smallest absolute Gasteiger partial charge is 0.138 e. The van der Waals surface area contributed by atoms with Gasteiger partial charge in [-0.25, -0.2) is 0 Å². The number of hydrogen-bond donors (Lipinski definition) is 1. The van der Waals surface area contributed by atoms with E-state index in [9.17, 15) is 5.11 Å². The summed E-state index contributed by atoms with van der Waals surface area (Å²) in [5.74, 6) is 0.862. The maximum Gasteiger partial charge on any atom is 0.138 e. The van der Waals surface area contributed by atoms with Crippen LogP contribution in [-0.4, -0.2) is 24.4 Å². The molecule has 0 aliphatic carbocycles. The van der Waals surface area contributed by atoms with Gasteiger partial charge >= 0.3 is 0 Å². The molecule has 2 aromatic carbocycles. The molecule has 0 saturated carbocycles. The highest BCUT2D eigenvalue weighted by Gasteiger charge is 2.11. The minimum atomic E-state index is -0.879. The van der Waals surface area contributed by atoms with Gasteiger partial charge in [0.1, 0.15) is 42.4 Å². The van der Waals surface area contributed by atoms with Crippen molar-refractivity contribution in [3.63, 3.8) is 0 Å². The fraction of sp³-hybridized carbons (Fsp3) is 0.176. The molecule has 1 unspecified atom stereocenters. The molecule has 1 atom stereocenters. The summed E-state index contributed by atoms with van der Waals surface area (Å²) >= 11 is 5.90.